The Hall–Kier alpha value is -3.25. The van der Waals surface area contributed by atoms with Crippen molar-refractivity contribution in [3.05, 3.63) is 47.3 Å². The Bertz CT molecular complexity index is 1230. The molecule has 0 amide bonds. The van der Waals surface area contributed by atoms with E-state index < -0.39 is 11.9 Å². The van der Waals surface area contributed by atoms with Gasteiger partial charge >= 0.3 is 6.18 Å². The largest absolute Gasteiger partial charge is 0.434 e. The van der Waals surface area contributed by atoms with Crippen molar-refractivity contribution in [1.29, 1.82) is 5.41 Å². The van der Waals surface area contributed by atoms with Crippen LogP contribution in [0.25, 0.3) is 17.2 Å². The van der Waals surface area contributed by atoms with Crippen LogP contribution in [0.4, 0.5) is 19.0 Å². The van der Waals surface area contributed by atoms with Gasteiger partial charge in [0.1, 0.15) is 16.7 Å². The van der Waals surface area contributed by atoms with Gasteiger partial charge in [-0.3, -0.25) is 4.40 Å². The summed E-state index contributed by atoms with van der Waals surface area (Å²) in [5, 5.41) is 11.2. The minimum atomic E-state index is -4.61. The molecule has 202 valence electrons. The van der Waals surface area contributed by atoms with Gasteiger partial charge in [0.15, 0.2) is 17.2 Å². The molecule has 0 aliphatic carbocycles. The third kappa shape index (κ3) is 6.55. The highest BCUT2D eigenvalue weighted by Crippen LogP contribution is 2.30. The van der Waals surface area contributed by atoms with Gasteiger partial charge < -0.3 is 21.4 Å². The number of alkyl halides is 3. The fourth-order valence-electron chi connectivity index (χ4n) is 3.93. The summed E-state index contributed by atoms with van der Waals surface area (Å²) in [4.78, 5) is 18.4. The second-order valence-electron chi connectivity index (χ2n) is 7.76. The molecule has 13 heteroatoms. The van der Waals surface area contributed by atoms with Crippen molar-refractivity contribution in [3.63, 3.8) is 0 Å². The van der Waals surface area contributed by atoms with Gasteiger partial charge in [-0.15, -0.1) is 0 Å². The van der Waals surface area contributed by atoms with E-state index in [0.717, 1.165) is 12.4 Å². The molecule has 1 aliphatic rings. The maximum Gasteiger partial charge on any atom is 0.434 e. The second kappa shape index (κ2) is 12.8. The van der Waals surface area contributed by atoms with Gasteiger partial charge in [0.25, 0.3) is 0 Å². The Morgan fingerprint density at radius 3 is 2.43 bits per heavy atom. The summed E-state index contributed by atoms with van der Waals surface area (Å²) in [6.45, 7) is 12.5. The van der Waals surface area contributed by atoms with Crippen LogP contribution in [0.5, 0.6) is 0 Å². The van der Waals surface area contributed by atoms with Crippen LogP contribution >= 0.6 is 11.6 Å². The summed E-state index contributed by atoms with van der Waals surface area (Å²) >= 11 is 6.30. The summed E-state index contributed by atoms with van der Waals surface area (Å²) in [7, 11) is 0. The standard InChI is InChI=1S/C20H21ClF3N9.2C2H6/c1-10-8-32(11(2)18(29-10)12(4-25)5-26)16-3-15(21)30-19(31-16)13-6-28-17-7-27-14(9-33(13)17)20(22,23)24;2*1-2/h3-7,9-11,18,25,29H,8,26H2,1-2H3;2*1-2H3/b12-5+,25-4?;;. The van der Waals surface area contributed by atoms with E-state index in [1.54, 1.807) is 6.07 Å². The fraction of sp³-hybridized carbons (Fsp3) is 0.458. The molecule has 3 unspecified atom stereocenters. The predicted octanol–water partition coefficient (Wildman–Crippen LogP) is 4.96. The molecule has 1 aliphatic heterocycles. The highest BCUT2D eigenvalue weighted by atomic mass is 35.5. The monoisotopic (exact) mass is 539 g/mol. The lowest BCUT2D eigenvalue weighted by atomic mass is 9.96. The number of halogens is 4. The summed E-state index contributed by atoms with van der Waals surface area (Å²) in [6.07, 6.45) is 1.26. The molecular weight excluding hydrogens is 507 g/mol. The maximum atomic E-state index is 13.2. The summed E-state index contributed by atoms with van der Waals surface area (Å²) in [5.41, 5.74) is 5.73. The normalized spacial score (nSPS) is 20.0. The van der Waals surface area contributed by atoms with E-state index >= 15 is 0 Å². The zero-order valence-electron chi connectivity index (χ0n) is 21.7. The third-order valence-corrected chi connectivity index (χ3v) is 5.71. The molecule has 3 atom stereocenters. The number of rotatable bonds is 4. The Labute approximate surface area is 219 Å². The van der Waals surface area contributed by atoms with Crippen molar-refractivity contribution in [3.8, 4) is 11.5 Å². The molecule has 4 N–H and O–H groups in total. The maximum absolute atomic E-state index is 13.2. The molecule has 0 aromatic carbocycles. The lowest BCUT2D eigenvalue weighted by Gasteiger charge is -2.44. The number of nitrogens with zero attached hydrogens (tertiary/aromatic N) is 6. The smallest absolute Gasteiger partial charge is 0.404 e. The predicted molar refractivity (Wildman–Crippen MR) is 141 cm³/mol. The van der Waals surface area contributed by atoms with Crippen molar-refractivity contribution < 1.29 is 13.2 Å². The van der Waals surface area contributed by atoms with Crippen LogP contribution in [0.1, 0.15) is 47.2 Å². The zero-order valence-corrected chi connectivity index (χ0v) is 22.4. The summed E-state index contributed by atoms with van der Waals surface area (Å²) in [6, 6.07) is 1.25. The molecule has 0 saturated carbocycles. The Morgan fingerprint density at radius 2 is 1.84 bits per heavy atom. The quantitative estimate of drug-likeness (QED) is 0.316. The van der Waals surface area contributed by atoms with E-state index in [0.29, 0.717) is 17.9 Å². The number of hydrogen-bond donors (Lipinski definition) is 3. The van der Waals surface area contributed by atoms with Gasteiger partial charge in [-0.1, -0.05) is 39.3 Å². The third-order valence-electron chi connectivity index (χ3n) is 5.52. The van der Waals surface area contributed by atoms with Crippen LogP contribution in [-0.2, 0) is 6.18 Å². The van der Waals surface area contributed by atoms with E-state index in [1.807, 2.05) is 46.4 Å². The number of imidazole rings is 1. The average molecular weight is 540 g/mol. The van der Waals surface area contributed by atoms with E-state index in [2.05, 4.69) is 25.3 Å². The Kier molecular flexibility index (Phi) is 10.4. The molecule has 0 bridgehead atoms. The van der Waals surface area contributed by atoms with E-state index in [-0.39, 0.29) is 40.4 Å². The van der Waals surface area contributed by atoms with E-state index in [4.69, 9.17) is 22.7 Å². The van der Waals surface area contributed by atoms with Gasteiger partial charge in [-0.25, -0.2) is 19.9 Å². The second-order valence-corrected chi connectivity index (χ2v) is 8.15. The van der Waals surface area contributed by atoms with Crippen LogP contribution in [-0.4, -0.2) is 55.2 Å². The molecule has 37 heavy (non-hydrogen) atoms. The van der Waals surface area contributed by atoms with Crippen molar-refractivity contribution in [2.75, 3.05) is 11.4 Å². The number of hydrogen-bond acceptors (Lipinski definition) is 8. The lowest BCUT2D eigenvalue weighted by Crippen LogP contribution is -2.61. The molecule has 9 nitrogen and oxygen atoms in total. The van der Waals surface area contributed by atoms with Crippen LogP contribution < -0.4 is 16.0 Å². The van der Waals surface area contributed by atoms with Gasteiger partial charge in [-0.05, 0) is 13.8 Å². The number of anilines is 1. The van der Waals surface area contributed by atoms with Crippen molar-refractivity contribution in [2.45, 2.75) is 65.8 Å². The van der Waals surface area contributed by atoms with Gasteiger partial charge in [0, 0.05) is 48.9 Å². The molecular formula is C24H33ClF3N9. The minimum absolute atomic E-state index is 0.0366. The van der Waals surface area contributed by atoms with Crippen molar-refractivity contribution >= 4 is 29.3 Å². The first-order valence-electron chi connectivity index (χ1n) is 12.0. The summed E-state index contributed by atoms with van der Waals surface area (Å²) in [5.74, 6) is 0.623. The number of fused-ring (bicyclic) bond motifs is 1. The Balaban J connectivity index is 0.00000115. The molecule has 4 heterocycles. The molecule has 3 aromatic heterocycles. The fourth-order valence-corrected chi connectivity index (χ4v) is 4.10. The number of aromatic nitrogens is 5. The molecule has 0 radical (unpaired) electrons. The topological polar surface area (TPSA) is 121 Å². The van der Waals surface area contributed by atoms with E-state index in [1.165, 1.54) is 23.0 Å². The van der Waals surface area contributed by atoms with Gasteiger partial charge in [0.05, 0.1) is 18.4 Å². The van der Waals surface area contributed by atoms with Gasteiger partial charge in [-0.2, -0.15) is 13.2 Å². The minimum Gasteiger partial charge on any atom is -0.404 e. The van der Waals surface area contributed by atoms with Gasteiger partial charge in [0.2, 0.25) is 0 Å². The van der Waals surface area contributed by atoms with Crippen LogP contribution in [0.3, 0.4) is 0 Å². The van der Waals surface area contributed by atoms with Crippen molar-refractivity contribution in [2.24, 2.45) is 5.73 Å². The first-order valence-corrected chi connectivity index (χ1v) is 12.4. The Morgan fingerprint density at radius 1 is 1.16 bits per heavy atom. The number of nitrogens with one attached hydrogen (secondary N) is 2. The molecule has 3 aromatic rings. The highest BCUT2D eigenvalue weighted by Gasteiger charge is 2.35. The molecule has 1 saturated heterocycles. The average Bonchev–Trinajstić information content (AvgIpc) is 3.31. The van der Waals surface area contributed by atoms with Crippen LogP contribution in [0.15, 0.2) is 36.4 Å². The van der Waals surface area contributed by atoms with Crippen LogP contribution in [0.2, 0.25) is 5.15 Å². The van der Waals surface area contributed by atoms with Crippen LogP contribution in [0, 0.1) is 5.41 Å². The molecule has 4 rings (SSSR count). The molecule has 0 spiro atoms. The van der Waals surface area contributed by atoms with E-state index in [9.17, 15) is 13.2 Å². The SMILES string of the molecule is CC.CC.CC1CN(c2cc(Cl)nc(-c3cnc4cnc(C(F)(F)F)cn34)n2)C(C)C(/C(C=N)=C/N)N1. The first kappa shape index (κ1) is 30.0. The number of piperazine rings is 1. The first-order chi connectivity index (χ1) is 17.6. The van der Waals surface area contributed by atoms with Crippen molar-refractivity contribution in [1.82, 2.24) is 29.7 Å². The number of nitrogens with two attached hydrogens (primary N) is 1. The summed E-state index contributed by atoms with van der Waals surface area (Å²) < 4.78 is 40.8. The zero-order chi connectivity index (χ0) is 27.9. The lowest BCUT2D eigenvalue weighted by molar-refractivity contribution is -0.141. The highest BCUT2D eigenvalue weighted by molar-refractivity contribution is 6.29. The molecule has 1 fully saturated rings.